The van der Waals surface area contributed by atoms with E-state index in [0.29, 0.717) is 16.2 Å². The molecule has 0 radical (unpaired) electrons. The van der Waals surface area contributed by atoms with E-state index < -0.39 is 11.8 Å². The monoisotopic (exact) mass is 331 g/mol. The molecule has 2 amide bonds. The van der Waals surface area contributed by atoms with Crippen LogP contribution < -0.4 is 5.43 Å². The smallest absolute Gasteiger partial charge is 0.285 e. The molecule has 0 aliphatic carbocycles. The zero-order chi connectivity index (χ0) is 15.5. The number of furan rings is 1. The molecular formula is C14H9N3O3S2. The van der Waals surface area contributed by atoms with Crippen LogP contribution in [-0.2, 0) is 4.79 Å². The summed E-state index contributed by atoms with van der Waals surface area (Å²) in [6.07, 6.45) is 6.09. The van der Waals surface area contributed by atoms with Crippen molar-refractivity contribution in [3.63, 3.8) is 0 Å². The van der Waals surface area contributed by atoms with Gasteiger partial charge in [-0.2, -0.15) is 5.01 Å². The van der Waals surface area contributed by atoms with E-state index in [0.717, 1.165) is 16.8 Å². The normalized spacial score (nSPS) is 16.4. The number of amides is 2. The summed E-state index contributed by atoms with van der Waals surface area (Å²) in [5.74, 6) is -0.285. The first kappa shape index (κ1) is 14.5. The molecule has 1 fully saturated rings. The summed E-state index contributed by atoms with van der Waals surface area (Å²) in [5.41, 5.74) is 2.88. The van der Waals surface area contributed by atoms with Crippen molar-refractivity contribution in [3.8, 4) is 0 Å². The summed E-state index contributed by atoms with van der Waals surface area (Å²) < 4.78 is 5.42. The third-order valence-electron chi connectivity index (χ3n) is 2.77. The van der Waals surface area contributed by atoms with Crippen molar-refractivity contribution in [3.05, 3.63) is 59.2 Å². The maximum atomic E-state index is 12.3. The second-order valence-electron chi connectivity index (χ2n) is 4.21. The molecule has 0 spiro atoms. The molecule has 3 rings (SSSR count). The number of nitrogens with one attached hydrogen (secondary N) is 1. The highest BCUT2D eigenvalue weighted by molar-refractivity contribution is 8.26. The van der Waals surface area contributed by atoms with Gasteiger partial charge in [0.2, 0.25) is 0 Å². The number of hydrogen-bond donors (Lipinski definition) is 1. The van der Waals surface area contributed by atoms with E-state index in [9.17, 15) is 9.59 Å². The molecular weight excluding hydrogens is 322 g/mol. The number of rotatable bonds is 3. The summed E-state index contributed by atoms with van der Waals surface area (Å²) in [6.45, 7) is 0. The molecule has 0 aromatic carbocycles. The Morgan fingerprint density at radius 3 is 2.82 bits per heavy atom. The third kappa shape index (κ3) is 2.92. The zero-order valence-electron chi connectivity index (χ0n) is 11.1. The van der Waals surface area contributed by atoms with Crippen LogP contribution in [0.5, 0.6) is 0 Å². The van der Waals surface area contributed by atoms with Crippen LogP contribution in [0.1, 0.15) is 16.1 Å². The van der Waals surface area contributed by atoms with Gasteiger partial charge in [-0.15, -0.1) is 0 Å². The standard InChI is InChI=1S/C14H9N3O3S2/c18-12(9-3-5-15-6-4-9)16-17-13(19)11(22-14(17)21)8-10-2-1-7-20-10/h1-8H,(H,16,18)/b11-8+. The van der Waals surface area contributed by atoms with E-state index in [1.54, 1.807) is 30.3 Å². The molecule has 2 aromatic heterocycles. The van der Waals surface area contributed by atoms with Gasteiger partial charge in [-0.25, -0.2) is 0 Å². The van der Waals surface area contributed by atoms with E-state index in [1.807, 2.05) is 0 Å². The first-order valence-corrected chi connectivity index (χ1v) is 7.40. The van der Waals surface area contributed by atoms with Gasteiger partial charge in [-0.3, -0.25) is 20.0 Å². The van der Waals surface area contributed by atoms with Gasteiger partial charge in [0.15, 0.2) is 4.32 Å². The Labute approximate surface area is 135 Å². The molecule has 2 aromatic rings. The topological polar surface area (TPSA) is 75.4 Å². The fraction of sp³-hybridized carbons (Fsp3) is 0. The predicted octanol–water partition coefficient (Wildman–Crippen LogP) is 2.22. The Kier molecular flexibility index (Phi) is 4.03. The summed E-state index contributed by atoms with van der Waals surface area (Å²) in [5, 5.41) is 1.05. The van der Waals surface area contributed by atoms with Gasteiger partial charge in [0, 0.05) is 24.0 Å². The number of nitrogens with zero attached hydrogens (tertiary/aromatic N) is 2. The van der Waals surface area contributed by atoms with E-state index in [4.69, 9.17) is 16.6 Å². The largest absolute Gasteiger partial charge is 0.465 e. The fourth-order valence-electron chi connectivity index (χ4n) is 1.74. The Morgan fingerprint density at radius 2 is 2.14 bits per heavy atom. The Hall–Kier alpha value is -2.45. The minimum absolute atomic E-state index is 0.255. The molecule has 0 atom stereocenters. The van der Waals surface area contributed by atoms with Crippen LogP contribution in [0.25, 0.3) is 6.08 Å². The van der Waals surface area contributed by atoms with Crippen molar-refractivity contribution in [2.24, 2.45) is 0 Å². The van der Waals surface area contributed by atoms with Gasteiger partial charge in [0.05, 0.1) is 11.2 Å². The molecule has 1 N–H and O–H groups in total. The fourth-order valence-corrected chi connectivity index (χ4v) is 2.90. The van der Waals surface area contributed by atoms with Crippen molar-refractivity contribution in [2.45, 2.75) is 0 Å². The van der Waals surface area contributed by atoms with Crippen LogP contribution in [0.15, 0.2) is 52.2 Å². The Bertz CT molecular complexity index is 757. The average Bonchev–Trinajstić information content (AvgIpc) is 3.12. The molecule has 3 heterocycles. The molecule has 22 heavy (non-hydrogen) atoms. The SMILES string of the molecule is O=C(NN1C(=O)/C(=C\c2ccco2)SC1=S)c1ccncc1. The minimum atomic E-state index is -0.432. The maximum Gasteiger partial charge on any atom is 0.285 e. The highest BCUT2D eigenvalue weighted by Crippen LogP contribution is 2.31. The van der Waals surface area contributed by atoms with Gasteiger partial charge < -0.3 is 4.42 Å². The molecule has 1 aliphatic rings. The molecule has 6 nitrogen and oxygen atoms in total. The summed E-state index contributed by atoms with van der Waals surface area (Å²) in [6, 6.07) is 6.54. The third-order valence-corrected chi connectivity index (χ3v) is 4.07. The van der Waals surface area contributed by atoms with E-state index >= 15 is 0 Å². The zero-order valence-corrected chi connectivity index (χ0v) is 12.7. The molecule has 0 saturated carbocycles. The highest BCUT2D eigenvalue weighted by Gasteiger charge is 2.34. The van der Waals surface area contributed by atoms with Crippen LogP contribution in [0.4, 0.5) is 0 Å². The van der Waals surface area contributed by atoms with Crippen molar-refractivity contribution < 1.29 is 14.0 Å². The van der Waals surface area contributed by atoms with Crippen molar-refractivity contribution in [1.29, 1.82) is 0 Å². The second-order valence-corrected chi connectivity index (χ2v) is 5.89. The lowest BCUT2D eigenvalue weighted by molar-refractivity contribution is -0.123. The molecule has 0 bridgehead atoms. The van der Waals surface area contributed by atoms with E-state index in [2.05, 4.69) is 10.4 Å². The molecule has 0 unspecified atom stereocenters. The van der Waals surface area contributed by atoms with E-state index in [-0.39, 0.29) is 4.32 Å². The number of thioether (sulfide) groups is 1. The van der Waals surface area contributed by atoms with Gasteiger partial charge in [0.25, 0.3) is 11.8 Å². The Balaban J connectivity index is 1.76. The highest BCUT2D eigenvalue weighted by atomic mass is 32.2. The Morgan fingerprint density at radius 1 is 1.36 bits per heavy atom. The van der Waals surface area contributed by atoms with Crippen LogP contribution in [0.3, 0.4) is 0 Å². The quantitative estimate of drug-likeness (QED) is 0.686. The van der Waals surface area contributed by atoms with Crippen LogP contribution >= 0.6 is 24.0 Å². The van der Waals surface area contributed by atoms with Crippen LogP contribution in [0.2, 0.25) is 0 Å². The van der Waals surface area contributed by atoms with Crippen molar-refractivity contribution in [1.82, 2.24) is 15.4 Å². The molecule has 110 valence electrons. The number of carbonyl (C=O) groups is 2. The van der Waals surface area contributed by atoms with Gasteiger partial charge in [-0.1, -0.05) is 11.8 Å². The van der Waals surface area contributed by atoms with Gasteiger partial charge in [-0.05, 0) is 36.5 Å². The van der Waals surface area contributed by atoms with Crippen LogP contribution in [0, 0.1) is 0 Å². The van der Waals surface area contributed by atoms with Crippen molar-refractivity contribution >= 4 is 46.2 Å². The minimum Gasteiger partial charge on any atom is -0.465 e. The molecule has 1 aliphatic heterocycles. The van der Waals surface area contributed by atoms with Gasteiger partial charge in [0.1, 0.15) is 5.76 Å². The maximum absolute atomic E-state index is 12.3. The number of carbonyl (C=O) groups excluding carboxylic acids is 2. The number of thiocarbonyl (C=S) groups is 1. The molecule has 1 saturated heterocycles. The first-order valence-electron chi connectivity index (χ1n) is 6.17. The van der Waals surface area contributed by atoms with E-state index in [1.165, 1.54) is 18.7 Å². The predicted molar refractivity (Wildman–Crippen MR) is 85.4 cm³/mol. The number of hydrazine groups is 1. The number of aromatic nitrogens is 1. The van der Waals surface area contributed by atoms with Gasteiger partial charge >= 0.3 is 0 Å². The average molecular weight is 331 g/mol. The number of hydrogen-bond acceptors (Lipinski definition) is 6. The summed E-state index contributed by atoms with van der Waals surface area (Å²) >= 11 is 6.23. The first-order chi connectivity index (χ1) is 10.6. The lowest BCUT2D eigenvalue weighted by Gasteiger charge is -2.15. The summed E-state index contributed by atoms with van der Waals surface area (Å²) in [7, 11) is 0. The van der Waals surface area contributed by atoms with Crippen molar-refractivity contribution in [2.75, 3.05) is 0 Å². The lowest BCUT2D eigenvalue weighted by Crippen LogP contribution is -2.44. The second kappa shape index (κ2) is 6.12. The summed E-state index contributed by atoms with van der Waals surface area (Å²) in [4.78, 5) is 28.6. The number of pyridine rings is 1. The molecule has 8 heteroatoms. The van der Waals surface area contributed by atoms with Crippen LogP contribution in [-0.4, -0.2) is 26.1 Å². The lowest BCUT2D eigenvalue weighted by atomic mass is 10.2.